The number of carbonyl (C=O) groups is 1. The summed E-state index contributed by atoms with van der Waals surface area (Å²) in [6.07, 6.45) is 1.75. The first-order valence-electron chi connectivity index (χ1n) is 7.35. The van der Waals surface area contributed by atoms with E-state index in [1.54, 1.807) is 24.0 Å². The molecule has 1 aromatic rings. The number of nitrogens with zero attached hydrogens (tertiary/aromatic N) is 1. The summed E-state index contributed by atoms with van der Waals surface area (Å²) in [7, 11) is -3.54. The highest BCUT2D eigenvalue weighted by atomic mass is 32.2. The first-order chi connectivity index (χ1) is 9.96. The molecule has 0 aliphatic rings. The highest BCUT2D eigenvalue weighted by Crippen LogP contribution is 2.14. The van der Waals surface area contributed by atoms with E-state index in [-0.39, 0.29) is 10.8 Å². The Morgan fingerprint density at radius 1 is 1.14 bits per heavy atom. The maximum Gasteiger partial charge on any atom is 0.253 e. The van der Waals surface area contributed by atoms with Gasteiger partial charge in [0.1, 0.15) is 0 Å². The molecule has 0 unspecified atom stereocenters. The van der Waals surface area contributed by atoms with Crippen molar-refractivity contribution < 1.29 is 13.2 Å². The summed E-state index contributed by atoms with van der Waals surface area (Å²) in [5, 5.41) is 0. The minimum Gasteiger partial charge on any atom is -0.339 e. The summed E-state index contributed by atoms with van der Waals surface area (Å²) < 4.78 is 26.4. The molecule has 0 bridgehead atoms. The summed E-state index contributed by atoms with van der Waals surface area (Å²) in [5.41, 5.74) is 0.413. The second-order valence-electron chi connectivity index (χ2n) is 4.82. The molecule has 6 heteroatoms. The van der Waals surface area contributed by atoms with Gasteiger partial charge >= 0.3 is 0 Å². The summed E-state index contributed by atoms with van der Waals surface area (Å²) in [6, 6.07) is 6.20. The number of sulfonamides is 1. The molecule has 0 aromatic heterocycles. The average molecular weight is 312 g/mol. The number of hydrogen-bond donors (Lipinski definition) is 1. The Morgan fingerprint density at radius 2 is 1.76 bits per heavy atom. The van der Waals surface area contributed by atoms with Gasteiger partial charge in [-0.25, -0.2) is 13.1 Å². The Hall–Kier alpha value is -1.40. The normalized spacial score (nSPS) is 11.4. The number of hydrogen-bond acceptors (Lipinski definition) is 3. The Bertz CT molecular complexity index is 564. The zero-order valence-corrected chi connectivity index (χ0v) is 13.7. The third kappa shape index (κ3) is 4.82. The largest absolute Gasteiger partial charge is 0.339 e. The van der Waals surface area contributed by atoms with E-state index in [0.29, 0.717) is 25.2 Å². The van der Waals surface area contributed by atoms with Crippen molar-refractivity contribution in [2.24, 2.45) is 0 Å². The van der Waals surface area contributed by atoms with E-state index in [9.17, 15) is 13.2 Å². The first kappa shape index (κ1) is 17.7. The van der Waals surface area contributed by atoms with Crippen molar-refractivity contribution in [1.82, 2.24) is 9.62 Å². The van der Waals surface area contributed by atoms with Crippen LogP contribution in [0.25, 0.3) is 0 Å². The van der Waals surface area contributed by atoms with Crippen molar-refractivity contribution in [3.05, 3.63) is 29.8 Å². The van der Waals surface area contributed by atoms with Gasteiger partial charge in [0.25, 0.3) is 5.91 Å². The van der Waals surface area contributed by atoms with E-state index < -0.39 is 10.0 Å². The van der Waals surface area contributed by atoms with Gasteiger partial charge in [0, 0.05) is 25.2 Å². The van der Waals surface area contributed by atoms with Gasteiger partial charge in [0.15, 0.2) is 0 Å². The van der Waals surface area contributed by atoms with Gasteiger partial charge in [0.05, 0.1) is 4.90 Å². The third-order valence-corrected chi connectivity index (χ3v) is 4.54. The van der Waals surface area contributed by atoms with Crippen LogP contribution >= 0.6 is 0 Å². The predicted molar refractivity (Wildman–Crippen MR) is 83.8 cm³/mol. The maximum atomic E-state index is 12.5. The van der Waals surface area contributed by atoms with Gasteiger partial charge in [-0.1, -0.05) is 26.8 Å². The van der Waals surface area contributed by atoms with E-state index in [2.05, 4.69) is 4.72 Å². The van der Waals surface area contributed by atoms with Crippen molar-refractivity contribution in [2.75, 3.05) is 19.6 Å². The second kappa shape index (κ2) is 8.14. The zero-order valence-electron chi connectivity index (χ0n) is 12.9. The molecule has 0 heterocycles. The van der Waals surface area contributed by atoms with Crippen molar-refractivity contribution in [3.63, 3.8) is 0 Å². The van der Waals surface area contributed by atoms with E-state index in [1.165, 1.54) is 12.1 Å². The molecule has 0 spiro atoms. The number of amides is 1. The number of nitrogens with one attached hydrogen (secondary N) is 1. The summed E-state index contributed by atoms with van der Waals surface area (Å²) in [5.74, 6) is -0.118. The number of carbonyl (C=O) groups excluding carboxylic acids is 1. The van der Waals surface area contributed by atoms with Crippen molar-refractivity contribution in [1.29, 1.82) is 0 Å². The molecule has 118 valence electrons. The Balaban J connectivity index is 3.06. The van der Waals surface area contributed by atoms with Gasteiger partial charge in [0.2, 0.25) is 10.0 Å². The van der Waals surface area contributed by atoms with Gasteiger partial charge in [-0.05, 0) is 31.0 Å². The lowest BCUT2D eigenvalue weighted by molar-refractivity contribution is 0.0755. The molecule has 1 amide bonds. The molecule has 1 N–H and O–H groups in total. The van der Waals surface area contributed by atoms with Gasteiger partial charge in [-0.15, -0.1) is 0 Å². The standard InChI is InChI=1S/C15H24N2O3S/c1-4-10-17(11-5-2)15(18)13-8-7-9-14(12-13)21(19,20)16-6-3/h7-9,12,16H,4-6,10-11H2,1-3H3. The van der Waals surface area contributed by atoms with Crippen LogP contribution in [0.15, 0.2) is 29.2 Å². The highest BCUT2D eigenvalue weighted by molar-refractivity contribution is 7.89. The molecule has 0 radical (unpaired) electrons. The fourth-order valence-electron chi connectivity index (χ4n) is 2.11. The fraction of sp³-hybridized carbons (Fsp3) is 0.533. The monoisotopic (exact) mass is 312 g/mol. The van der Waals surface area contributed by atoms with Crippen LogP contribution in [0, 0.1) is 0 Å². The van der Waals surface area contributed by atoms with Gasteiger partial charge in [-0.2, -0.15) is 0 Å². The van der Waals surface area contributed by atoms with Crippen molar-refractivity contribution in [2.45, 2.75) is 38.5 Å². The number of rotatable bonds is 8. The molecule has 1 aromatic carbocycles. The second-order valence-corrected chi connectivity index (χ2v) is 6.59. The van der Waals surface area contributed by atoms with E-state index >= 15 is 0 Å². The zero-order chi connectivity index (χ0) is 15.9. The molecule has 5 nitrogen and oxygen atoms in total. The van der Waals surface area contributed by atoms with Crippen LogP contribution in [0.2, 0.25) is 0 Å². The Morgan fingerprint density at radius 3 is 2.29 bits per heavy atom. The lowest BCUT2D eigenvalue weighted by Crippen LogP contribution is -2.32. The van der Waals surface area contributed by atoms with Gasteiger partial charge in [-0.3, -0.25) is 4.79 Å². The molecule has 0 aliphatic carbocycles. The molecule has 1 rings (SSSR count). The van der Waals surface area contributed by atoms with Crippen LogP contribution in [0.5, 0.6) is 0 Å². The molecule has 0 fully saturated rings. The van der Waals surface area contributed by atoms with E-state index in [4.69, 9.17) is 0 Å². The van der Waals surface area contributed by atoms with Crippen LogP contribution in [-0.4, -0.2) is 38.9 Å². The Kier molecular flexibility index (Phi) is 6.84. The quantitative estimate of drug-likeness (QED) is 0.800. The molecule has 21 heavy (non-hydrogen) atoms. The van der Waals surface area contributed by atoms with Crippen molar-refractivity contribution in [3.8, 4) is 0 Å². The molecule has 0 saturated carbocycles. The van der Waals surface area contributed by atoms with Crippen LogP contribution in [-0.2, 0) is 10.0 Å². The lowest BCUT2D eigenvalue weighted by atomic mass is 10.2. The first-order valence-corrected chi connectivity index (χ1v) is 8.83. The third-order valence-electron chi connectivity index (χ3n) is 3.00. The lowest BCUT2D eigenvalue weighted by Gasteiger charge is -2.21. The van der Waals surface area contributed by atoms with E-state index in [1.807, 2.05) is 13.8 Å². The van der Waals surface area contributed by atoms with Crippen LogP contribution in [0.1, 0.15) is 44.0 Å². The minimum absolute atomic E-state index is 0.118. The predicted octanol–water partition coefficient (Wildman–Crippen LogP) is 2.25. The van der Waals surface area contributed by atoms with Crippen molar-refractivity contribution >= 4 is 15.9 Å². The smallest absolute Gasteiger partial charge is 0.253 e. The summed E-state index contributed by atoms with van der Waals surface area (Å²) in [6.45, 7) is 7.42. The molecule has 0 atom stereocenters. The van der Waals surface area contributed by atoms with Crippen LogP contribution in [0.4, 0.5) is 0 Å². The molecular formula is C15H24N2O3S. The topological polar surface area (TPSA) is 66.5 Å². The minimum atomic E-state index is -3.54. The van der Waals surface area contributed by atoms with E-state index in [0.717, 1.165) is 12.8 Å². The average Bonchev–Trinajstić information content (AvgIpc) is 2.46. The number of benzene rings is 1. The van der Waals surface area contributed by atoms with Gasteiger partial charge < -0.3 is 4.90 Å². The highest BCUT2D eigenvalue weighted by Gasteiger charge is 2.18. The van der Waals surface area contributed by atoms with Crippen LogP contribution in [0.3, 0.4) is 0 Å². The molecule has 0 saturated heterocycles. The SMILES string of the molecule is CCCN(CCC)C(=O)c1cccc(S(=O)(=O)NCC)c1. The molecule has 0 aliphatic heterocycles. The molecular weight excluding hydrogens is 288 g/mol. The summed E-state index contributed by atoms with van der Waals surface area (Å²) in [4.78, 5) is 14.4. The summed E-state index contributed by atoms with van der Waals surface area (Å²) >= 11 is 0. The fourth-order valence-corrected chi connectivity index (χ4v) is 3.19. The van der Waals surface area contributed by atoms with Crippen LogP contribution < -0.4 is 4.72 Å². The Labute approximate surface area is 127 Å². The maximum absolute atomic E-state index is 12.5.